The number of halogens is 1. The molecular weight excluding hydrogens is 409 g/mol. The van der Waals surface area contributed by atoms with Crippen LogP contribution in [-0.4, -0.2) is 26.1 Å². The number of benzene rings is 1. The summed E-state index contributed by atoms with van der Waals surface area (Å²) in [4.78, 5) is 11.1. The van der Waals surface area contributed by atoms with Crippen LogP contribution in [-0.2, 0) is 19.8 Å². The molecule has 5 nitrogen and oxygen atoms in total. The average Bonchev–Trinajstić information content (AvgIpc) is 2.43. The van der Waals surface area contributed by atoms with Crippen molar-refractivity contribution in [3.63, 3.8) is 0 Å². The van der Waals surface area contributed by atoms with Gasteiger partial charge in [-0.1, -0.05) is 32.0 Å². The number of methoxy groups -OCH3 is 1. The van der Waals surface area contributed by atoms with Crippen LogP contribution in [0, 0.1) is 9.49 Å². The molecule has 1 aromatic carbocycles. The van der Waals surface area contributed by atoms with Gasteiger partial charge in [0.1, 0.15) is 18.5 Å². The first-order valence-electron chi connectivity index (χ1n) is 7.64. The van der Waals surface area contributed by atoms with Gasteiger partial charge in [0.2, 0.25) is 0 Å². The first-order valence-corrected chi connectivity index (χ1v) is 8.72. The van der Waals surface area contributed by atoms with Gasteiger partial charge in [0.25, 0.3) is 0 Å². The van der Waals surface area contributed by atoms with Gasteiger partial charge in [-0.2, -0.15) is 0 Å². The molecular formula is C17H26INO4. The van der Waals surface area contributed by atoms with Crippen LogP contribution in [0.3, 0.4) is 0 Å². The van der Waals surface area contributed by atoms with E-state index in [9.17, 15) is 4.79 Å². The third-order valence-corrected chi connectivity index (χ3v) is 4.43. The lowest BCUT2D eigenvalue weighted by Gasteiger charge is -2.38. The van der Waals surface area contributed by atoms with E-state index in [1.54, 1.807) is 7.11 Å². The zero-order valence-corrected chi connectivity index (χ0v) is 16.3. The van der Waals surface area contributed by atoms with Crippen molar-refractivity contribution in [2.24, 2.45) is 11.7 Å². The Hall–Kier alpha value is -0.860. The Kier molecular flexibility index (Phi) is 8.28. The number of hydrogen-bond donors (Lipinski definition) is 1. The monoisotopic (exact) mass is 435 g/mol. The SMILES string of the molecule is COCOC(CC(C)C)(CC(C)OC(N)=O)c1ccccc1I. The fourth-order valence-corrected chi connectivity index (χ4v) is 3.74. The maximum atomic E-state index is 11.1. The molecule has 2 atom stereocenters. The van der Waals surface area contributed by atoms with Crippen molar-refractivity contribution in [1.82, 2.24) is 0 Å². The van der Waals surface area contributed by atoms with Crippen LogP contribution in [0.25, 0.3) is 0 Å². The van der Waals surface area contributed by atoms with E-state index in [1.165, 1.54) is 0 Å². The Bertz CT molecular complexity index is 509. The number of hydrogen-bond acceptors (Lipinski definition) is 4. The Morgan fingerprint density at radius 1 is 1.26 bits per heavy atom. The Morgan fingerprint density at radius 3 is 2.43 bits per heavy atom. The molecule has 0 fully saturated rings. The first-order chi connectivity index (χ1) is 10.8. The lowest BCUT2D eigenvalue weighted by Crippen LogP contribution is -2.38. The molecule has 0 aliphatic rings. The number of carbonyl (C=O) groups excluding carboxylic acids is 1. The molecule has 130 valence electrons. The quantitative estimate of drug-likeness (QED) is 0.470. The molecule has 1 amide bonds. The third-order valence-electron chi connectivity index (χ3n) is 3.49. The Labute approximate surface area is 152 Å². The minimum Gasteiger partial charge on any atom is -0.447 e. The lowest BCUT2D eigenvalue weighted by atomic mass is 9.81. The average molecular weight is 435 g/mol. The van der Waals surface area contributed by atoms with Crippen molar-refractivity contribution in [2.75, 3.05) is 13.9 Å². The van der Waals surface area contributed by atoms with Gasteiger partial charge in [0.15, 0.2) is 0 Å². The summed E-state index contributed by atoms with van der Waals surface area (Å²) in [7, 11) is 1.60. The lowest BCUT2D eigenvalue weighted by molar-refractivity contribution is -0.157. The first kappa shape index (κ1) is 20.2. The fourth-order valence-electron chi connectivity index (χ4n) is 2.87. The molecule has 0 spiro atoms. The minimum absolute atomic E-state index is 0.168. The van der Waals surface area contributed by atoms with Gasteiger partial charge in [-0.25, -0.2) is 4.79 Å². The predicted molar refractivity (Wildman–Crippen MR) is 98.0 cm³/mol. The van der Waals surface area contributed by atoms with Crippen molar-refractivity contribution in [3.05, 3.63) is 33.4 Å². The molecule has 23 heavy (non-hydrogen) atoms. The van der Waals surface area contributed by atoms with Crippen molar-refractivity contribution in [1.29, 1.82) is 0 Å². The van der Waals surface area contributed by atoms with Crippen molar-refractivity contribution < 1.29 is 19.0 Å². The summed E-state index contributed by atoms with van der Waals surface area (Å²) in [6.45, 7) is 6.27. The molecule has 0 heterocycles. The summed E-state index contributed by atoms with van der Waals surface area (Å²) in [6.07, 6.45) is 0.157. The zero-order chi connectivity index (χ0) is 17.5. The second-order valence-corrected chi connectivity index (χ2v) is 7.24. The summed E-state index contributed by atoms with van der Waals surface area (Å²) in [5, 5.41) is 0. The highest BCUT2D eigenvalue weighted by Crippen LogP contribution is 2.40. The number of ether oxygens (including phenoxy) is 3. The van der Waals surface area contributed by atoms with E-state index < -0.39 is 11.7 Å². The summed E-state index contributed by atoms with van der Waals surface area (Å²) in [5.74, 6) is 0.392. The normalized spacial score (nSPS) is 15.2. The van der Waals surface area contributed by atoms with E-state index in [4.69, 9.17) is 19.9 Å². The van der Waals surface area contributed by atoms with E-state index in [2.05, 4.69) is 42.5 Å². The van der Waals surface area contributed by atoms with Crippen molar-refractivity contribution >= 4 is 28.7 Å². The summed E-state index contributed by atoms with van der Waals surface area (Å²) >= 11 is 2.30. The molecule has 0 bridgehead atoms. The second kappa shape index (κ2) is 9.44. The van der Waals surface area contributed by atoms with Crippen LogP contribution in [0.1, 0.15) is 39.2 Å². The van der Waals surface area contributed by atoms with E-state index >= 15 is 0 Å². The fraction of sp³-hybridized carbons (Fsp3) is 0.588. The van der Waals surface area contributed by atoms with Crippen molar-refractivity contribution in [2.45, 2.75) is 45.3 Å². The van der Waals surface area contributed by atoms with Gasteiger partial charge in [0.05, 0.1) is 0 Å². The van der Waals surface area contributed by atoms with Crippen LogP contribution in [0.15, 0.2) is 24.3 Å². The van der Waals surface area contributed by atoms with Crippen LogP contribution in [0.4, 0.5) is 4.79 Å². The number of amides is 1. The molecule has 1 rings (SSSR count). The van der Waals surface area contributed by atoms with Crippen LogP contribution in [0.2, 0.25) is 0 Å². The summed E-state index contributed by atoms with van der Waals surface area (Å²) in [5.41, 5.74) is 5.63. The smallest absolute Gasteiger partial charge is 0.404 e. The van der Waals surface area contributed by atoms with Gasteiger partial charge in [-0.3, -0.25) is 0 Å². The number of primary amides is 1. The zero-order valence-electron chi connectivity index (χ0n) is 14.2. The third kappa shape index (κ3) is 6.27. The molecule has 0 radical (unpaired) electrons. The van der Waals surface area contributed by atoms with Gasteiger partial charge >= 0.3 is 6.09 Å². The van der Waals surface area contributed by atoms with Gasteiger partial charge in [0, 0.05) is 17.1 Å². The molecule has 0 aliphatic heterocycles. The summed E-state index contributed by atoms with van der Waals surface area (Å²) < 4.78 is 17.5. The molecule has 2 unspecified atom stereocenters. The predicted octanol–water partition coefficient (Wildman–Crippen LogP) is 4.03. The molecule has 2 N–H and O–H groups in total. The Balaban J connectivity index is 3.23. The highest BCUT2D eigenvalue weighted by atomic mass is 127. The number of rotatable bonds is 9. The van der Waals surface area contributed by atoms with E-state index in [-0.39, 0.29) is 12.9 Å². The molecule has 0 saturated carbocycles. The second-order valence-electron chi connectivity index (χ2n) is 6.07. The maximum absolute atomic E-state index is 11.1. The molecule has 0 aliphatic carbocycles. The summed E-state index contributed by atoms with van der Waals surface area (Å²) in [6, 6.07) is 8.07. The van der Waals surface area contributed by atoms with Crippen LogP contribution in [0.5, 0.6) is 0 Å². The van der Waals surface area contributed by atoms with Crippen molar-refractivity contribution in [3.8, 4) is 0 Å². The number of carbonyl (C=O) groups is 1. The van der Waals surface area contributed by atoms with Gasteiger partial charge in [-0.15, -0.1) is 0 Å². The largest absolute Gasteiger partial charge is 0.447 e. The molecule has 6 heteroatoms. The maximum Gasteiger partial charge on any atom is 0.404 e. The highest BCUT2D eigenvalue weighted by Gasteiger charge is 2.38. The topological polar surface area (TPSA) is 70.8 Å². The Morgan fingerprint density at radius 2 is 1.91 bits per heavy atom. The minimum atomic E-state index is -0.773. The van der Waals surface area contributed by atoms with E-state index in [1.807, 2.05) is 25.1 Å². The van der Waals surface area contributed by atoms with E-state index in [0.29, 0.717) is 12.3 Å². The standard InChI is InChI=1S/C17H26INO4/c1-12(2)9-17(22-11-21-4,10-13(3)23-16(19)20)14-7-5-6-8-15(14)18/h5-8,12-13H,9-11H2,1-4H3,(H2,19,20). The van der Waals surface area contributed by atoms with Gasteiger partial charge < -0.3 is 19.9 Å². The molecule has 0 aromatic heterocycles. The molecule has 1 aromatic rings. The highest BCUT2D eigenvalue weighted by molar-refractivity contribution is 14.1. The van der Waals surface area contributed by atoms with Crippen LogP contribution < -0.4 is 5.73 Å². The van der Waals surface area contributed by atoms with Crippen LogP contribution >= 0.6 is 22.6 Å². The van der Waals surface area contributed by atoms with E-state index in [0.717, 1.165) is 15.6 Å². The number of nitrogens with two attached hydrogens (primary N) is 1. The molecule has 0 saturated heterocycles. The van der Waals surface area contributed by atoms with Gasteiger partial charge in [-0.05, 0) is 53.5 Å².